The van der Waals surface area contributed by atoms with E-state index in [9.17, 15) is 4.79 Å². The van der Waals surface area contributed by atoms with Crippen LogP contribution in [0.25, 0.3) is 0 Å². The minimum atomic E-state index is -1.05. The zero-order valence-electron chi connectivity index (χ0n) is 7.96. The molecule has 0 atom stereocenters. The molecule has 0 unspecified atom stereocenters. The molecule has 1 aromatic rings. The molecule has 0 amide bonds. The first-order valence-electron chi connectivity index (χ1n) is 4.53. The molecule has 3 nitrogen and oxygen atoms in total. The van der Waals surface area contributed by atoms with E-state index in [4.69, 9.17) is 16.7 Å². The van der Waals surface area contributed by atoms with E-state index in [2.05, 4.69) is 11.9 Å². The summed E-state index contributed by atoms with van der Waals surface area (Å²) >= 11 is 5.91. The lowest BCUT2D eigenvalue weighted by molar-refractivity contribution is 0.0690. The van der Waals surface area contributed by atoms with Crippen LogP contribution in [0.5, 0.6) is 0 Å². The lowest BCUT2D eigenvalue weighted by Crippen LogP contribution is -2.01. The molecule has 1 heterocycles. The van der Waals surface area contributed by atoms with Crippen LogP contribution in [0.15, 0.2) is 12.3 Å². The maximum atomic E-state index is 10.6. The molecule has 0 aliphatic heterocycles. The van der Waals surface area contributed by atoms with Gasteiger partial charge in [0.15, 0.2) is 0 Å². The van der Waals surface area contributed by atoms with Gasteiger partial charge in [0, 0.05) is 11.2 Å². The van der Waals surface area contributed by atoms with Crippen LogP contribution in [0.2, 0.25) is 5.02 Å². The van der Waals surface area contributed by atoms with Gasteiger partial charge in [-0.15, -0.1) is 0 Å². The van der Waals surface area contributed by atoms with Crippen LogP contribution >= 0.6 is 11.6 Å². The second-order valence-corrected chi connectivity index (χ2v) is 3.48. The van der Waals surface area contributed by atoms with E-state index in [-0.39, 0.29) is 5.69 Å². The summed E-state index contributed by atoms with van der Waals surface area (Å²) in [5, 5.41) is 9.15. The number of hydrogen-bond donors (Lipinski definition) is 1. The maximum absolute atomic E-state index is 10.6. The average molecular weight is 214 g/mol. The lowest BCUT2D eigenvalue weighted by atomic mass is 10.1. The van der Waals surface area contributed by atoms with Crippen molar-refractivity contribution in [1.82, 2.24) is 4.98 Å². The minimum absolute atomic E-state index is 0.00440. The van der Waals surface area contributed by atoms with Crippen molar-refractivity contribution in [2.45, 2.75) is 26.2 Å². The Morgan fingerprint density at radius 1 is 1.64 bits per heavy atom. The molecule has 0 aromatic carbocycles. The van der Waals surface area contributed by atoms with Gasteiger partial charge in [0.05, 0.1) is 0 Å². The Balaban J connectivity index is 2.84. The van der Waals surface area contributed by atoms with Gasteiger partial charge in [-0.1, -0.05) is 24.9 Å². The molecule has 76 valence electrons. The topological polar surface area (TPSA) is 50.2 Å². The SMILES string of the molecule is CCCCc1cnc(C(=O)O)cc1Cl. The van der Waals surface area contributed by atoms with E-state index >= 15 is 0 Å². The second kappa shape index (κ2) is 4.96. The van der Waals surface area contributed by atoms with Crippen LogP contribution in [-0.4, -0.2) is 16.1 Å². The summed E-state index contributed by atoms with van der Waals surface area (Å²) in [6.45, 7) is 2.09. The highest BCUT2D eigenvalue weighted by molar-refractivity contribution is 6.31. The molecule has 4 heteroatoms. The average Bonchev–Trinajstić information content (AvgIpc) is 2.15. The standard InChI is InChI=1S/C10H12ClNO2/c1-2-3-4-7-6-12-9(10(13)14)5-8(7)11/h5-6H,2-4H2,1H3,(H,13,14). The molecule has 1 aromatic heterocycles. The first kappa shape index (κ1) is 11.0. The predicted molar refractivity (Wildman–Crippen MR) is 54.8 cm³/mol. The number of nitrogens with zero attached hydrogens (tertiary/aromatic N) is 1. The smallest absolute Gasteiger partial charge is 0.354 e. The van der Waals surface area contributed by atoms with Crippen molar-refractivity contribution in [3.63, 3.8) is 0 Å². The number of carboxylic acids is 1. The van der Waals surface area contributed by atoms with Gasteiger partial charge in [0.25, 0.3) is 0 Å². The molecule has 0 radical (unpaired) electrons. The summed E-state index contributed by atoms with van der Waals surface area (Å²) in [6, 6.07) is 1.40. The van der Waals surface area contributed by atoms with Crippen molar-refractivity contribution >= 4 is 17.6 Å². The highest BCUT2D eigenvalue weighted by Gasteiger charge is 2.07. The summed E-state index contributed by atoms with van der Waals surface area (Å²) in [5.74, 6) is -1.05. The fourth-order valence-electron chi connectivity index (χ4n) is 1.13. The van der Waals surface area contributed by atoms with E-state index in [0.29, 0.717) is 5.02 Å². The highest BCUT2D eigenvalue weighted by atomic mass is 35.5. The summed E-state index contributed by atoms with van der Waals surface area (Å²) in [5.41, 5.74) is 0.911. The van der Waals surface area contributed by atoms with Crippen molar-refractivity contribution < 1.29 is 9.90 Å². The van der Waals surface area contributed by atoms with Gasteiger partial charge in [-0.25, -0.2) is 9.78 Å². The zero-order valence-corrected chi connectivity index (χ0v) is 8.71. The van der Waals surface area contributed by atoms with Crippen LogP contribution in [0, 0.1) is 0 Å². The van der Waals surface area contributed by atoms with Crippen molar-refractivity contribution in [3.8, 4) is 0 Å². The van der Waals surface area contributed by atoms with Gasteiger partial charge in [0.2, 0.25) is 0 Å². The molecule has 0 spiro atoms. The number of hydrogen-bond acceptors (Lipinski definition) is 2. The van der Waals surface area contributed by atoms with Gasteiger partial charge < -0.3 is 5.11 Å². The monoisotopic (exact) mass is 213 g/mol. The molecule has 0 saturated carbocycles. The third-order valence-corrected chi connectivity index (χ3v) is 2.30. The Bertz CT molecular complexity index is 339. The number of rotatable bonds is 4. The highest BCUT2D eigenvalue weighted by Crippen LogP contribution is 2.18. The Labute approximate surface area is 87.7 Å². The van der Waals surface area contributed by atoms with Gasteiger partial charge in [-0.2, -0.15) is 0 Å². The molecular formula is C10H12ClNO2. The first-order chi connectivity index (χ1) is 6.65. The summed E-state index contributed by atoms with van der Waals surface area (Å²) in [6.07, 6.45) is 4.51. The number of aromatic carboxylic acids is 1. The van der Waals surface area contributed by atoms with Crippen molar-refractivity contribution in [3.05, 3.63) is 28.5 Å². The Morgan fingerprint density at radius 2 is 2.36 bits per heavy atom. The fraction of sp³-hybridized carbons (Fsp3) is 0.400. The zero-order chi connectivity index (χ0) is 10.6. The van der Waals surface area contributed by atoms with Gasteiger partial charge in [-0.3, -0.25) is 0 Å². The Hall–Kier alpha value is -1.09. The number of pyridine rings is 1. The molecule has 0 bridgehead atoms. The molecule has 0 aliphatic rings. The quantitative estimate of drug-likeness (QED) is 0.837. The second-order valence-electron chi connectivity index (χ2n) is 3.07. The minimum Gasteiger partial charge on any atom is -0.477 e. The number of carboxylic acid groups (broad SMARTS) is 1. The number of unbranched alkanes of at least 4 members (excludes halogenated alkanes) is 1. The summed E-state index contributed by atoms with van der Waals surface area (Å²) < 4.78 is 0. The van der Waals surface area contributed by atoms with Crippen LogP contribution < -0.4 is 0 Å². The van der Waals surface area contributed by atoms with Crippen LogP contribution in [-0.2, 0) is 6.42 Å². The van der Waals surface area contributed by atoms with Gasteiger partial charge in [-0.05, 0) is 24.5 Å². The maximum Gasteiger partial charge on any atom is 0.354 e. The third-order valence-electron chi connectivity index (χ3n) is 1.95. The van der Waals surface area contributed by atoms with E-state index < -0.39 is 5.97 Å². The molecule has 1 N–H and O–H groups in total. The predicted octanol–water partition coefficient (Wildman–Crippen LogP) is 2.78. The van der Waals surface area contributed by atoms with Crippen molar-refractivity contribution in [2.75, 3.05) is 0 Å². The van der Waals surface area contributed by atoms with E-state index in [1.807, 2.05) is 0 Å². The number of aryl methyl sites for hydroxylation is 1. The van der Waals surface area contributed by atoms with Gasteiger partial charge >= 0.3 is 5.97 Å². The van der Waals surface area contributed by atoms with E-state index in [0.717, 1.165) is 24.8 Å². The number of carbonyl (C=O) groups is 1. The van der Waals surface area contributed by atoms with E-state index in [1.54, 1.807) is 6.20 Å². The number of aromatic nitrogens is 1. The van der Waals surface area contributed by atoms with Crippen LogP contribution in [0.1, 0.15) is 35.8 Å². The molecule has 0 fully saturated rings. The molecule has 1 rings (SSSR count). The lowest BCUT2D eigenvalue weighted by Gasteiger charge is -2.03. The number of halogens is 1. The van der Waals surface area contributed by atoms with Crippen LogP contribution in [0.4, 0.5) is 0 Å². The summed E-state index contributed by atoms with van der Waals surface area (Å²) in [4.78, 5) is 14.4. The fourth-order valence-corrected chi connectivity index (χ4v) is 1.37. The third kappa shape index (κ3) is 2.70. The Morgan fingerprint density at radius 3 is 2.86 bits per heavy atom. The van der Waals surface area contributed by atoms with Crippen molar-refractivity contribution in [2.24, 2.45) is 0 Å². The molecule has 0 aliphatic carbocycles. The first-order valence-corrected chi connectivity index (χ1v) is 4.90. The Kier molecular flexibility index (Phi) is 3.89. The molecule has 0 saturated heterocycles. The summed E-state index contributed by atoms with van der Waals surface area (Å²) in [7, 11) is 0. The molecule has 14 heavy (non-hydrogen) atoms. The van der Waals surface area contributed by atoms with Crippen molar-refractivity contribution in [1.29, 1.82) is 0 Å². The van der Waals surface area contributed by atoms with Crippen LogP contribution in [0.3, 0.4) is 0 Å². The van der Waals surface area contributed by atoms with E-state index in [1.165, 1.54) is 6.07 Å². The van der Waals surface area contributed by atoms with Gasteiger partial charge in [0.1, 0.15) is 5.69 Å². The largest absolute Gasteiger partial charge is 0.477 e. The normalized spacial score (nSPS) is 10.1. The molecular weight excluding hydrogens is 202 g/mol.